The zero-order valence-corrected chi connectivity index (χ0v) is 9.25. The molecule has 90 valence electrons. The Bertz CT molecular complexity index is 482. The Morgan fingerprint density at radius 2 is 2.06 bits per heavy atom. The van der Waals surface area contributed by atoms with Crippen LogP contribution in [0.3, 0.4) is 0 Å². The average Bonchev–Trinajstić information content (AvgIpc) is 3.11. The van der Waals surface area contributed by atoms with E-state index >= 15 is 0 Å². The van der Waals surface area contributed by atoms with Crippen LogP contribution in [0.4, 0.5) is 0 Å². The first-order chi connectivity index (χ1) is 8.00. The third-order valence-electron chi connectivity index (χ3n) is 2.71. The van der Waals surface area contributed by atoms with Crippen molar-refractivity contribution in [2.75, 3.05) is 7.05 Å². The normalized spacial score (nSPS) is 14.4. The topological polar surface area (TPSA) is 90.7 Å². The molecule has 17 heavy (non-hydrogen) atoms. The summed E-state index contributed by atoms with van der Waals surface area (Å²) in [5, 5.41) is 18.1. The Morgan fingerprint density at radius 3 is 2.59 bits per heavy atom. The largest absolute Gasteiger partial charge is 0.505 e. The zero-order valence-electron chi connectivity index (χ0n) is 9.25. The third-order valence-corrected chi connectivity index (χ3v) is 2.71. The number of pyridine rings is 1. The lowest BCUT2D eigenvalue weighted by molar-refractivity contribution is 0.0686. The molecule has 0 bridgehead atoms. The fourth-order valence-corrected chi connectivity index (χ4v) is 1.54. The summed E-state index contributed by atoms with van der Waals surface area (Å²) in [6, 6.07) is 2.72. The van der Waals surface area contributed by atoms with Gasteiger partial charge in [0.25, 0.3) is 5.91 Å². The molecule has 1 saturated carbocycles. The van der Waals surface area contributed by atoms with E-state index in [-0.39, 0.29) is 17.6 Å². The SMILES string of the molecule is CN(C(=O)c1ccc(O)c(C(=O)O)n1)C1CC1. The monoisotopic (exact) mass is 236 g/mol. The van der Waals surface area contributed by atoms with Gasteiger partial charge in [0.15, 0.2) is 5.69 Å². The van der Waals surface area contributed by atoms with Crippen LogP contribution in [0.5, 0.6) is 5.75 Å². The number of hydrogen-bond donors (Lipinski definition) is 2. The van der Waals surface area contributed by atoms with E-state index in [1.807, 2.05) is 0 Å². The van der Waals surface area contributed by atoms with Gasteiger partial charge in [-0.2, -0.15) is 0 Å². The standard InChI is InChI=1S/C11H12N2O4/c1-13(6-2-3-6)10(15)7-4-5-8(14)9(12-7)11(16)17/h4-6,14H,2-3H2,1H3,(H,16,17). The van der Waals surface area contributed by atoms with Gasteiger partial charge in [-0.25, -0.2) is 9.78 Å². The maximum Gasteiger partial charge on any atom is 0.358 e. The van der Waals surface area contributed by atoms with Crippen molar-refractivity contribution in [1.82, 2.24) is 9.88 Å². The molecule has 6 heteroatoms. The highest BCUT2D eigenvalue weighted by Gasteiger charge is 2.31. The van der Waals surface area contributed by atoms with Crippen molar-refractivity contribution >= 4 is 11.9 Å². The molecular formula is C11H12N2O4. The van der Waals surface area contributed by atoms with Gasteiger partial charge in [-0.15, -0.1) is 0 Å². The molecule has 0 spiro atoms. The fraction of sp³-hybridized carbons (Fsp3) is 0.364. The lowest BCUT2D eigenvalue weighted by Gasteiger charge is -2.15. The summed E-state index contributed by atoms with van der Waals surface area (Å²) < 4.78 is 0. The Balaban J connectivity index is 2.29. The van der Waals surface area contributed by atoms with Crippen molar-refractivity contribution in [1.29, 1.82) is 0 Å². The summed E-state index contributed by atoms with van der Waals surface area (Å²) in [4.78, 5) is 27.9. The molecule has 6 nitrogen and oxygen atoms in total. The van der Waals surface area contributed by atoms with Gasteiger partial charge in [-0.1, -0.05) is 0 Å². The molecule has 0 aliphatic heterocycles. The molecule has 1 amide bonds. The number of aromatic hydroxyl groups is 1. The average molecular weight is 236 g/mol. The zero-order chi connectivity index (χ0) is 12.6. The molecule has 1 aromatic heterocycles. The van der Waals surface area contributed by atoms with Crippen LogP contribution < -0.4 is 0 Å². The van der Waals surface area contributed by atoms with Crippen LogP contribution in [-0.4, -0.2) is 45.1 Å². The smallest absolute Gasteiger partial charge is 0.358 e. The molecule has 0 aromatic carbocycles. The highest BCUT2D eigenvalue weighted by Crippen LogP contribution is 2.26. The number of aromatic carboxylic acids is 1. The molecule has 0 unspecified atom stereocenters. The van der Waals surface area contributed by atoms with Crippen LogP contribution >= 0.6 is 0 Å². The van der Waals surface area contributed by atoms with Gasteiger partial charge in [0.05, 0.1) is 0 Å². The van der Waals surface area contributed by atoms with Crippen LogP contribution in [0.15, 0.2) is 12.1 Å². The van der Waals surface area contributed by atoms with Crippen molar-refractivity contribution in [3.63, 3.8) is 0 Å². The second-order valence-corrected chi connectivity index (χ2v) is 4.02. The molecule has 1 fully saturated rings. The second-order valence-electron chi connectivity index (χ2n) is 4.02. The first kappa shape index (κ1) is 11.4. The van der Waals surface area contributed by atoms with Gasteiger partial charge in [0, 0.05) is 13.1 Å². The van der Waals surface area contributed by atoms with Crippen molar-refractivity contribution in [3.05, 3.63) is 23.5 Å². The van der Waals surface area contributed by atoms with Crippen LogP contribution in [0.1, 0.15) is 33.8 Å². The second kappa shape index (κ2) is 4.04. The number of nitrogens with zero attached hydrogens (tertiary/aromatic N) is 2. The maximum atomic E-state index is 11.9. The molecule has 1 heterocycles. The molecule has 2 rings (SSSR count). The van der Waals surface area contributed by atoms with Crippen molar-refractivity contribution < 1.29 is 19.8 Å². The predicted molar refractivity (Wildman–Crippen MR) is 58.0 cm³/mol. The Hall–Kier alpha value is -2.11. The number of carboxylic acids is 1. The van der Waals surface area contributed by atoms with E-state index in [9.17, 15) is 14.7 Å². The summed E-state index contributed by atoms with van der Waals surface area (Å²) in [6.07, 6.45) is 1.93. The summed E-state index contributed by atoms with van der Waals surface area (Å²) in [5.41, 5.74) is -0.463. The molecule has 1 aliphatic rings. The van der Waals surface area contributed by atoms with Crippen molar-refractivity contribution in [2.45, 2.75) is 18.9 Å². The first-order valence-corrected chi connectivity index (χ1v) is 5.21. The van der Waals surface area contributed by atoms with Crippen molar-refractivity contribution in [2.24, 2.45) is 0 Å². The fourth-order valence-electron chi connectivity index (χ4n) is 1.54. The van der Waals surface area contributed by atoms with E-state index in [1.165, 1.54) is 12.1 Å². The number of carbonyl (C=O) groups is 2. The number of amides is 1. The van der Waals surface area contributed by atoms with E-state index in [0.717, 1.165) is 12.8 Å². The van der Waals surface area contributed by atoms with Crippen molar-refractivity contribution in [3.8, 4) is 5.75 Å². The first-order valence-electron chi connectivity index (χ1n) is 5.21. The Kier molecular flexibility index (Phi) is 2.71. The summed E-state index contributed by atoms with van der Waals surface area (Å²) in [7, 11) is 1.66. The molecule has 1 aromatic rings. The number of aromatic nitrogens is 1. The lowest BCUT2D eigenvalue weighted by atomic mass is 10.2. The molecule has 0 saturated heterocycles. The van der Waals surface area contributed by atoms with Crippen LogP contribution in [0, 0.1) is 0 Å². The summed E-state index contributed by atoms with van der Waals surface area (Å²) in [5.74, 6) is -2.12. The van der Waals surface area contributed by atoms with Gasteiger partial charge < -0.3 is 15.1 Å². The summed E-state index contributed by atoms with van der Waals surface area (Å²) in [6.45, 7) is 0. The van der Waals surface area contributed by atoms with E-state index in [0.29, 0.717) is 0 Å². The quantitative estimate of drug-likeness (QED) is 0.806. The molecule has 0 atom stereocenters. The Morgan fingerprint density at radius 1 is 1.41 bits per heavy atom. The van der Waals surface area contributed by atoms with E-state index < -0.39 is 17.4 Å². The maximum absolute atomic E-state index is 11.9. The van der Waals surface area contributed by atoms with Gasteiger partial charge in [0.2, 0.25) is 0 Å². The van der Waals surface area contributed by atoms with Gasteiger partial charge >= 0.3 is 5.97 Å². The van der Waals surface area contributed by atoms with Crippen LogP contribution in [-0.2, 0) is 0 Å². The minimum Gasteiger partial charge on any atom is -0.505 e. The molecule has 2 N–H and O–H groups in total. The molecular weight excluding hydrogens is 224 g/mol. The third kappa shape index (κ3) is 2.20. The van der Waals surface area contributed by atoms with Gasteiger partial charge in [-0.3, -0.25) is 4.79 Å². The number of hydrogen-bond acceptors (Lipinski definition) is 4. The minimum absolute atomic E-state index is 0.0367. The van der Waals surface area contributed by atoms with E-state index in [1.54, 1.807) is 11.9 Å². The predicted octanol–water partition coefficient (Wildman–Crippen LogP) is 0.720. The molecule has 0 radical (unpaired) electrons. The lowest BCUT2D eigenvalue weighted by Crippen LogP contribution is -2.29. The Labute approximate surface area is 97.5 Å². The summed E-state index contributed by atoms with van der Waals surface area (Å²) >= 11 is 0. The van der Waals surface area contributed by atoms with Crippen LogP contribution in [0.25, 0.3) is 0 Å². The van der Waals surface area contributed by atoms with Crippen LogP contribution in [0.2, 0.25) is 0 Å². The number of rotatable bonds is 3. The highest BCUT2D eigenvalue weighted by atomic mass is 16.4. The van der Waals surface area contributed by atoms with E-state index in [2.05, 4.69) is 4.98 Å². The minimum atomic E-state index is -1.36. The van der Waals surface area contributed by atoms with E-state index in [4.69, 9.17) is 5.11 Å². The van der Waals surface area contributed by atoms with Gasteiger partial charge in [-0.05, 0) is 25.0 Å². The molecule has 1 aliphatic carbocycles. The van der Waals surface area contributed by atoms with Gasteiger partial charge in [0.1, 0.15) is 11.4 Å². The highest BCUT2D eigenvalue weighted by molar-refractivity contribution is 5.95. The number of carbonyl (C=O) groups excluding carboxylic acids is 1. The number of carboxylic acid groups (broad SMARTS) is 1.